The molecule has 1 rings (SSSR count). The second-order valence-corrected chi connectivity index (χ2v) is 4.42. The highest BCUT2D eigenvalue weighted by Gasteiger charge is 2.41. The molecule has 0 aromatic carbocycles. The van der Waals surface area contributed by atoms with Crippen LogP contribution in [0.1, 0.15) is 27.7 Å². The molecule has 1 saturated carbocycles. The quantitative estimate of drug-likeness (QED) is 0.577. The lowest BCUT2D eigenvalue weighted by Crippen LogP contribution is -2.48. The van der Waals surface area contributed by atoms with E-state index in [1.807, 2.05) is 27.7 Å². The summed E-state index contributed by atoms with van der Waals surface area (Å²) in [4.78, 5) is 0. The summed E-state index contributed by atoms with van der Waals surface area (Å²) < 4.78 is 0. The van der Waals surface area contributed by atoms with Crippen molar-refractivity contribution in [2.45, 2.75) is 39.9 Å². The van der Waals surface area contributed by atoms with Crippen molar-refractivity contribution >= 4 is 0 Å². The highest BCUT2D eigenvalue weighted by molar-refractivity contribution is 4.90. The molecule has 1 aliphatic rings. The van der Waals surface area contributed by atoms with Crippen molar-refractivity contribution in [3.63, 3.8) is 0 Å². The van der Waals surface area contributed by atoms with Crippen LogP contribution in [-0.2, 0) is 0 Å². The summed E-state index contributed by atoms with van der Waals surface area (Å²) in [5.74, 6) is 0.856. The van der Waals surface area contributed by atoms with Crippen LogP contribution in [0.4, 0.5) is 0 Å². The van der Waals surface area contributed by atoms with Crippen molar-refractivity contribution in [2.75, 3.05) is 0 Å². The number of rotatable bonds is 0. The van der Waals surface area contributed by atoms with Crippen LogP contribution in [-0.4, -0.2) is 22.4 Å². The molecule has 2 N–H and O–H groups in total. The smallest absolute Gasteiger partial charge is 0.0598 e. The summed E-state index contributed by atoms with van der Waals surface area (Å²) in [7, 11) is 0. The molecule has 2 heteroatoms. The van der Waals surface area contributed by atoms with Crippen LogP contribution >= 0.6 is 0 Å². The lowest BCUT2D eigenvalue weighted by Gasteiger charge is -2.43. The first-order valence-electron chi connectivity index (χ1n) is 4.83. The maximum Gasteiger partial charge on any atom is 0.0598 e. The summed E-state index contributed by atoms with van der Waals surface area (Å²) in [5, 5.41) is 19.6. The average molecular weight is 172 g/mol. The van der Waals surface area contributed by atoms with Crippen LogP contribution < -0.4 is 0 Å². The zero-order valence-corrected chi connectivity index (χ0v) is 8.36. The van der Waals surface area contributed by atoms with Gasteiger partial charge in [-0.05, 0) is 23.7 Å². The van der Waals surface area contributed by atoms with Crippen LogP contribution in [0.3, 0.4) is 0 Å². The van der Waals surface area contributed by atoms with Gasteiger partial charge in [0, 0.05) is 0 Å². The largest absolute Gasteiger partial charge is 0.393 e. The third-order valence-corrected chi connectivity index (χ3v) is 3.81. The van der Waals surface area contributed by atoms with Crippen LogP contribution in [0.25, 0.3) is 0 Å². The Balaban J connectivity index is 2.76. The Morgan fingerprint density at radius 3 is 0.917 bits per heavy atom. The molecule has 0 saturated heterocycles. The molecule has 0 heterocycles. The fraction of sp³-hybridized carbons (Fsp3) is 1.00. The first-order valence-corrected chi connectivity index (χ1v) is 4.83. The molecule has 0 bridgehead atoms. The Hall–Kier alpha value is -0.0800. The molecule has 0 radical (unpaired) electrons. The van der Waals surface area contributed by atoms with Crippen molar-refractivity contribution in [1.29, 1.82) is 0 Å². The Morgan fingerprint density at radius 1 is 0.583 bits per heavy atom. The minimum atomic E-state index is -0.251. The maximum atomic E-state index is 9.79. The lowest BCUT2D eigenvalue weighted by atomic mass is 9.67. The molecule has 0 spiro atoms. The van der Waals surface area contributed by atoms with Crippen LogP contribution in [0.15, 0.2) is 0 Å². The van der Waals surface area contributed by atoms with Gasteiger partial charge in [-0.25, -0.2) is 0 Å². The topological polar surface area (TPSA) is 40.5 Å². The van der Waals surface area contributed by atoms with Gasteiger partial charge in [-0.1, -0.05) is 27.7 Å². The van der Waals surface area contributed by atoms with Gasteiger partial charge in [0.05, 0.1) is 12.2 Å². The van der Waals surface area contributed by atoms with Gasteiger partial charge < -0.3 is 10.2 Å². The van der Waals surface area contributed by atoms with Gasteiger partial charge in [0.15, 0.2) is 0 Å². The van der Waals surface area contributed by atoms with Crippen LogP contribution in [0, 0.1) is 23.7 Å². The minimum Gasteiger partial charge on any atom is -0.393 e. The van der Waals surface area contributed by atoms with Gasteiger partial charge in [0.2, 0.25) is 0 Å². The van der Waals surface area contributed by atoms with E-state index in [0.29, 0.717) is 0 Å². The van der Waals surface area contributed by atoms with Crippen molar-refractivity contribution in [3.05, 3.63) is 0 Å². The van der Waals surface area contributed by atoms with Gasteiger partial charge in [-0.2, -0.15) is 0 Å². The number of hydrogen-bond acceptors (Lipinski definition) is 2. The molecular weight excluding hydrogens is 152 g/mol. The molecule has 0 aromatic heterocycles. The van der Waals surface area contributed by atoms with E-state index >= 15 is 0 Å². The highest BCUT2D eigenvalue weighted by atomic mass is 16.3. The van der Waals surface area contributed by atoms with Crippen molar-refractivity contribution < 1.29 is 10.2 Å². The normalized spacial score (nSPS) is 55.5. The van der Waals surface area contributed by atoms with E-state index in [2.05, 4.69) is 0 Å². The molecule has 0 amide bonds. The maximum absolute atomic E-state index is 9.79. The summed E-state index contributed by atoms with van der Waals surface area (Å²) >= 11 is 0. The molecule has 0 aromatic rings. The average Bonchev–Trinajstić information content (AvgIpc) is 2.08. The molecule has 1 fully saturated rings. The van der Waals surface area contributed by atoms with E-state index in [4.69, 9.17) is 0 Å². The van der Waals surface area contributed by atoms with E-state index in [9.17, 15) is 10.2 Å². The molecule has 0 aliphatic heterocycles. The standard InChI is InChI=1S/C10H20O2/c1-5-6(2)10(12)8(4)7(3)9(5)11/h5-12H,1-4H3. The summed E-state index contributed by atoms with van der Waals surface area (Å²) in [6, 6.07) is 0. The molecule has 1 aliphatic carbocycles. The Morgan fingerprint density at radius 2 is 0.750 bits per heavy atom. The Kier molecular flexibility index (Phi) is 2.79. The third kappa shape index (κ3) is 1.38. The van der Waals surface area contributed by atoms with E-state index in [0.717, 1.165) is 0 Å². The second-order valence-electron chi connectivity index (χ2n) is 4.42. The molecule has 4 atom stereocenters. The molecule has 12 heavy (non-hydrogen) atoms. The number of aliphatic hydroxyl groups is 2. The third-order valence-electron chi connectivity index (χ3n) is 3.81. The zero-order chi connectivity index (χ0) is 9.46. The van der Waals surface area contributed by atoms with Gasteiger partial charge >= 0.3 is 0 Å². The number of hydrogen-bond donors (Lipinski definition) is 2. The first kappa shape index (κ1) is 10.0. The summed E-state index contributed by atoms with van der Waals surface area (Å²) in [6.07, 6.45) is -0.503. The highest BCUT2D eigenvalue weighted by Crippen LogP contribution is 2.37. The molecule has 2 nitrogen and oxygen atoms in total. The lowest BCUT2D eigenvalue weighted by molar-refractivity contribution is -0.0969. The van der Waals surface area contributed by atoms with Crippen LogP contribution in [0.5, 0.6) is 0 Å². The molecular formula is C10H20O2. The molecule has 4 unspecified atom stereocenters. The van der Waals surface area contributed by atoms with E-state index in [1.165, 1.54) is 0 Å². The first-order chi connectivity index (χ1) is 5.46. The Labute approximate surface area is 74.6 Å². The fourth-order valence-electron chi connectivity index (χ4n) is 2.20. The van der Waals surface area contributed by atoms with Crippen molar-refractivity contribution in [3.8, 4) is 0 Å². The van der Waals surface area contributed by atoms with Crippen LogP contribution in [0.2, 0.25) is 0 Å². The van der Waals surface area contributed by atoms with Gasteiger partial charge in [0.25, 0.3) is 0 Å². The summed E-state index contributed by atoms with van der Waals surface area (Å²) in [5.41, 5.74) is 0. The van der Waals surface area contributed by atoms with E-state index < -0.39 is 0 Å². The fourth-order valence-corrected chi connectivity index (χ4v) is 2.20. The van der Waals surface area contributed by atoms with Crippen molar-refractivity contribution in [2.24, 2.45) is 23.7 Å². The van der Waals surface area contributed by atoms with Gasteiger partial charge in [-0.15, -0.1) is 0 Å². The predicted molar refractivity (Wildman–Crippen MR) is 48.7 cm³/mol. The predicted octanol–water partition coefficient (Wildman–Crippen LogP) is 1.27. The minimum absolute atomic E-state index is 0.214. The van der Waals surface area contributed by atoms with Crippen molar-refractivity contribution in [1.82, 2.24) is 0 Å². The molecule has 72 valence electrons. The second kappa shape index (κ2) is 3.35. The van der Waals surface area contributed by atoms with E-state index in [-0.39, 0.29) is 35.9 Å². The monoisotopic (exact) mass is 172 g/mol. The van der Waals surface area contributed by atoms with E-state index in [1.54, 1.807) is 0 Å². The number of aliphatic hydroxyl groups excluding tert-OH is 2. The summed E-state index contributed by atoms with van der Waals surface area (Å²) in [6.45, 7) is 8.06. The SMILES string of the molecule is CC1C(C)C(O)C(C)C(C)C1O. The zero-order valence-electron chi connectivity index (χ0n) is 8.36. The van der Waals surface area contributed by atoms with Gasteiger partial charge in [0.1, 0.15) is 0 Å². The van der Waals surface area contributed by atoms with Gasteiger partial charge in [-0.3, -0.25) is 0 Å². The Bertz CT molecular complexity index is 99.4.